The molecule has 0 saturated heterocycles. The number of hydrogen-bond donors (Lipinski definition) is 1. The molecule has 0 radical (unpaired) electrons. The summed E-state index contributed by atoms with van der Waals surface area (Å²) in [7, 11) is 0. The lowest BCUT2D eigenvalue weighted by Crippen LogP contribution is -2.27. The van der Waals surface area contributed by atoms with Crippen LogP contribution in [0.1, 0.15) is 47.9 Å². The van der Waals surface area contributed by atoms with Gasteiger partial charge in [-0.05, 0) is 49.4 Å². The monoisotopic (exact) mass is 325 g/mol. The number of thiophene rings is 1. The molecular weight excluding hydrogens is 309 g/mol. The number of nitrogens with one attached hydrogen (secondary N) is 1. The minimum Gasteiger partial charge on any atom is -0.303 e. The van der Waals surface area contributed by atoms with Crippen LogP contribution in [0.3, 0.4) is 0 Å². The third-order valence-corrected chi connectivity index (χ3v) is 5.59. The maximum atomic E-state index is 6.28. The van der Waals surface area contributed by atoms with Crippen molar-refractivity contribution in [3.63, 3.8) is 0 Å². The van der Waals surface area contributed by atoms with Gasteiger partial charge in [0.1, 0.15) is 0 Å². The van der Waals surface area contributed by atoms with Gasteiger partial charge in [-0.15, -0.1) is 11.3 Å². The van der Waals surface area contributed by atoms with Gasteiger partial charge < -0.3 is 5.32 Å². The molecule has 1 aromatic carbocycles. The lowest BCUT2D eigenvalue weighted by molar-refractivity contribution is 0.418. The Balaban J connectivity index is 1.80. The second kappa shape index (κ2) is 6.07. The summed E-state index contributed by atoms with van der Waals surface area (Å²) in [5, 5.41) is 4.53. The van der Waals surface area contributed by atoms with Crippen molar-refractivity contribution < 1.29 is 0 Å². The Morgan fingerprint density at radius 3 is 2.90 bits per heavy atom. The van der Waals surface area contributed by atoms with Crippen LogP contribution < -0.4 is 5.32 Å². The van der Waals surface area contributed by atoms with Crippen LogP contribution in [-0.2, 0) is 6.42 Å². The summed E-state index contributed by atoms with van der Waals surface area (Å²) in [6.07, 6.45) is 3.54. The van der Waals surface area contributed by atoms with Gasteiger partial charge in [0.05, 0.1) is 4.34 Å². The molecule has 3 rings (SSSR count). The van der Waals surface area contributed by atoms with E-state index in [1.807, 2.05) is 18.2 Å². The third-order valence-electron chi connectivity index (χ3n) is 3.91. The van der Waals surface area contributed by atoms with Crippen molar-refractivity contribution in [2.45, 2.75) is 38.3 Å². The van der Waals surface area contributed by atoms with Gasteiger partial charge in [0.2, 0.25) is 0 Å². The molecule has 0 spiro atoms. The molecule has 1 unspecified atom stereocenters. The molecule has 106 valence electrons. The fourth-order valence-corrected chi connectivity index (χ4v) is 4.60. The van der Waals surface area contributed by atoms with E-state index in [1.54, 1.807) is 11.3 Å². The lowest BCUT2D eigenvalue weighted by Gasteiger charge is -2.27. The van der Waals surface area contributed by atoms with E-state index in [1.165, 1.54) is 16.9 Å². The van der Waals surface area contributed by atoms with Crippen LogP contribution in [0.5, 0.6) is 0 Å². The highest BCUT2D eigenvalue weighted by Gasteiger charge is 2.24. The highest BCUT2D eigenvalue weighted by molar-refractivity contribution is 7.16. The first-order valence-corrected chi connectivity index (χ1v) is 8.51. The fourth-order valence-electron chi connectivity index (χ4n) is 2.91. The molecule has 1 N–H and O–H groups in total. The van der Waals surface area contributed by atoms with Crippen molar-refractivity contribution in [2.75, 3.05) is 0 Å². The first kappa shape index (κ1) is 14.4. The summed E-state index contributed by atoms with van der Waals surface area (Å²) in [6, 6.07) is 10.8. The van der Waals surface area contributed by atoms with Gasteiger partial charge in [-0.2, -0.15) is 0 Å². The number of rotatable bonds is 3. The molecule has 1 heterocycles. The second-order valence-corrected chi connectivity index (χ2v) is 7.46. The van der Waals surface area contributed by atoms with Gasteiger partial charge in [-0.25, -0.2) is 0 Å². The van der Waals surface area contributed by atoms with E-state index in [9.17, 15) is 0 Å². The Morgan fingerprint density at radius 1 is 1.30 bits per heavy atom. The standard InChI is InChI=1S/C16H17Cl2NS/c1-10(11-5-2-3-6-13(11)17)19-14-7-4-8-15-12(14)9-16(18)20-15/h2-3,5-6,9-10,14,19H,4,7-8H2,1H3/t10-,14?/m0/s1. The van der Waals surface area contributed by atoms with Gasteiger partial charge >= 0.3 is 0 Å². The molecule has 20 heavy (non-hydrogen) atoms. The molecule has 0 fully saturated rings. The summed E-state index contributed by atoms with van der Waals surface area (Å²) in [4.78, 5) is 1.44. The van der Waals surface area contributed by atoms with Crippen LogP contribution in [0.15, 0.2) is 30.3 Å². The zero-order valence-corrected chi connectivity index (χ0v) is 13.7. The lowest BCUT2D eigenvalue weighted by atomic mass is 9.93. The van der Waals surface area contributed by atoms with Crippen molar-refractivity contribution >= 4 is 34.5 Å². The number of aryl methyl sites for hydroxylation is 1. The third kappa shape index (κ3) is 2.89. The van der Waals surface area contributed by atoms with Crippen molar-refractivity contribution in [1.82, 2.24) is 5.32 Å². The van der Waals surface area contributed by atoms with Gasteiger partial charge in [0.15, 0.2) is 0 Å². The average Bonchev–Trinajstić information content (AvgIpc) is 2.80. The van der Waals surface area contributed by atoms with Crippen molar-refractivity contribution in [1.29, 1.82) is 0 Å². The highest BCUT2D eigenvalue weighted by Crippen LogP contribution is 2.39. The average molecular weight is 326 g/mol. The Bertz CT molecular complexity index is 608. The summed E-state index contributed by atoms with van der Waals surface area (Å²) >= 11 is 14.2. The van der Waals surface area contributed by atoms with Gasteiger partial charge in [-0.1, -0.05) is 41.4 Å². The van der Waals surface area contributed by atoms with E-state index in [0.29, 0.717) is 6.04 Å². The Labute approximate surface area is 133 Å². The maximum Gasteiger partial charge on any atom is 0.0934 e. The van der Waals surface area contributed by atoms with E-state index in [2.05, 4.69) is 24.4 Å². The van der Waals surface area contributed by atoms with Gasteiger partial charge in [0, 0.05) is 22.0 Å². The van der Waals surface area contributed by atoms with E-state index < -0.39 is 0 Å². The van der Waals surface area contributed by atoms with Crippen LogP contribution in [0.4, 0.5) is 0 Å². The molecular formula is C16H17Cl2NS. The quantitative estimate of drug-likeness (QED) is 0.753. The molecule has 1 aliphatic rings. The summed E-state index contributed by atoms with van der Waals surface area (Å²) in [5.74, 6) is 0. The van der Waals surface area contributed by atoms with E-state index >= 15 is 0 Å². The number of fused-ring (bicyclic) bond motifs is 1. The summed E-state index contributed by atoms with van der Waals surface area (Å²) in [5.41, 5.74) is 2.53. The SMILES string of the molecule is C[C@H](NC1CCCc2sc(Cl)cc21)c1ccccc1Cl. The molecule has 1 nitrogen and oxygen atoms in total. The van der Waals surface area contributed by atoms with Crippen LogP contribution >= 0.6 is 34.5 Å². The molecule has 2 atom stereocenters. The molecule has 4 heteroatoms. The summed E-state index contributed by atoms with van der Waals surface area (Å²) < 4.78 is 0.897. The zero-order chi connectivity index (χ0) is 14.1. The van der Waals surface area contributed by atoms with Crippen molar-refractivity contribution in [3.05, 3.63) is 55.7 Å². The van der Waals surface area contributed by atoms with Crippen molar-refractivity contribution in [2.24, 2.45) is 0 Å². The molecule has 0 amide bonds. The summed E-state index contributed by atoms with van der Waals surface area (Å²) in [6.45, 7) is 2.17. The predicted octanol–water partition coefficient (Wildman–Crippen LogP) is 5.78. The Morgan fingerprint density at radius 2 is 2.10 bits per heavy atom. The fraction of sp³-hybridized carbons (Fsp3) is 0.375. The van der Waals surface area contributed by atoms with E-state index in [-0.39, 0.29) is 6.04 Å². The normalized spacial score (nSPS) is 19.6. The smallest absolute Gasteiger partial charge is 0.0934 e. The largest absolute Gasteiger partial charge is 0.303 e. The highest BCUT2D eigenvalue weighted by atomic mass is 35.5. The first-order chi connectivity index (χ1) is 9.65. The first-order valence-electron chi connectivity index (χ1n) is 6.93. The van der Waals surface area contributed by atoms with Crippen LogP contribution in [-0.4, -0.2) is 0 Å². The van der Waals surface area contributed by atoms with E-state index in [4.69, 9.17) is 23.2 Å². The van der Waals surface area contributed by atoms with Crippen LogP contribution in [0.2, 0.25) is 9.36 Å². The van der Waals surface area contributed by atoms with Gasteiger partial charge in [0.25, 0.3) is 0 Å². The predicted molar refractivity (Wildman–Crippen MR) is 88.0 cm³/mol. The number of benzene rings is 1. The van der Waals surface area contributed by atoms with Crippen LogP contribution in [0, 0.1) is 0 Å². The topological polar surface area (TPSA) is 12.0 Å². The number of hydrogen-bond acceptors (Lipinski definition) is 2. The molecule has 1 aromatic heterocycles. The Kier molecular flexibility index (Phi) is 4.37. The molecule has 1 aliphatic carbocycles. The van der Waals surface area contributed by atoms with Crippen molar-refractivity contribution in [3.8, 4) is 0 Å². The van der Waals surface area contributed by atoms with Gasteiger partial charge in [-0.3, -0.25) is 0 Å². The maximum absolute atomic E-state index is 6.28. The van der Waals surface area contributed by atoms with Crippen LogP contribution in [0.25, 0.3) is 0 Å². The second-order valence-electron chi connectivity index (χ2n) is 5.28. The molecule has 2 aromatic rings. The number of halogens is 2. The Hall–Kier alpha value is -0.540. The minimum atomic E-state index is 0.235. The molecule has 0 bridgehead atoms. The van der Waals surface area contributed by atoms with E-state index in [0.717, 1.165) is 27.8 Å². The molecule has 0 saturated carbocycles. The zero-order valence-electron chi connectivity index (χ0n) is 11.3. The molecule has 0 aliphatic heterocycles. The minimum absolute atomic E-state index is 0.235.